The predicted molar refractivity (Wildman–Crippen MR) is 101 cm³/mol. The van der Waals surface area contributed by atoms with E-state index in [1.54, 1.807) is 13.8 Å². The Morgan fingerprint density at radius 2 is 1.74 bits per heavy atom. The summed E-state index contributed by atoms with van der Waals surface area (Å²) in [5, 5.41) is 13.2. The molecule has 0 radical (unpaired) electrons. The molecule has 31 heavy (non-hydrogen) atoms. The molecule has 1 amide bonds. The quantitative estimate of drug-likeness (QED) is 0.242. The van der Waals surface area contributed by atoms with Gasteiger partial charge < -0.3 is 39.6 Å². The normalized spacial score (nSPS) is 32.5. The van der Waals surface area contributed by atoms with Crippen molar-refractivity contribution in [3.63, 3.8) is 0 Å². The highest BCUT2D eigenvalue weighted by molar-refractivity contribution is 7.66. The zero-order valence-corrected chi connectivity index (χ0v) is 19.2. The highest BCUT2D eigenvalue weighted by Gasteiger charge is 2.59. The smallest absolute Gasteiger partial charge is 0.389 e. The van der Waals surface area contributed by atoms with E-state index in [1.165, 1.54) is 24.1 Å². The maximum Gasteiger partial charge on any atom is 0.490 e. The van der Waals surface area contributed by atoms with Crippen LogP contribution in [0.4, 0.5) is 0 Å². The van der Waals surface area contributed by atoms with Crippen LogP contribution in [0.1, 0.15) is 20.8 Å². The van der Waals surface area contributed by atoms with Crippen molar-refractivity contribution in [2.75, 3.05) is 6.61 Å². The fraction of sp³-hybridized carbons (Fsp3) is 0.615. The van der Waals surface area contributed by atoms with E-state index in [0.717, 1.165) is 0 Å². The zero-order chi connectivity index (χ0) is 24.0. The molecule has 0 aromatic heterocycles. The summed E-state index contributed by atoms with van der Waals surface area (Å²) in [4.78, 5) is 48.8. The van der Waals surface area contributed by atoms with E-state index in [2.05, 4.69) is 25.0 Å². The van der Waals surface area contributed by atoms with Crippen LogP contribution >= 0.6 is 23.5 Å². The Balaban J connectivity index is 2.16. The molecule has 178 valence electrons. The van der Waals surface area contributed by atoms with E-state index < -0.39 is 59.3 Å². The maximum absolute atomic E-state index is 12.0. The number of rotatable bonds is 8. The number of aliphatic hydroxyl groups is 1. The summed E-state index contributed by atoms with van der Waals surface area (Å²) in [6.07, 6.45) is 0.300. The number of carbonyl (C=O) groups excluding carboxylic acids is 1. The van der Waals surface area contributed by atoms with Crippen LogP contribution in [0.5, 0.6) is 0 Å². The van der Waals surface area contributed by atoms with E-state index >= 15 is 0 Å². The van der Waals surface area contributed by atoms with E-state index in [-0.39, 0.29) is 5.82 Å². The molecule has 1 fully saturated rings. The molecule has 1 saturated heterocycles. The summed E-state index contributed by atoms with van der Waals surface area (Å²) in [6.45, 7) is 7.37. The monoisotopic (exact) mass is 508 g/mol. The molecule has 15 nitrogen and oxygen atoms in total. The standard InChI is InChI=1S/C13H23N2O13P3/c1-8-14-9(16)5-6-15(8)11-12(2,3)10(17)13(4,26-11)7-25-30(21,22)28-31(23,24)27-29(18,19)20/h5-6,10-11,17H,1,7H2,2-4H3,(H,14,16)(H,21,22)(H,23,24)(H2,18,19,20)/t10-,11-,13-/m1/s1. The van der Waals surface area contributed by atoms with Gasteiger partial charge in [-0.15, -0.1) is 0 Å². The average Bonchev–Trinajstić information content (AvgIpc) is 2.71. The lowest BCUT2D eigenvalue weighted by atomic mass is 9.80. The molecule has 2 aliphatic heterocycles. The minimum absolute atomic E-state index is 0.148. The molecule has 2 rings (SSSR count). The third-order valence-corrected chi connectivity index (χ3v) is 8.23. The third kappa shape index (κ3) is 6.32. The van der Waals surface area contributed by atoms with Crippen LogP contribution in [0.25, 0.3) is 0 Å². The van der Waals surface area contributed by atoms with E-state index in [1.807, 2.05) is 0 Å². The van der Waals surface area contributed by atoms with E-state index in [4.69, 9.17) is 14.5 Å². The molecule has 5 atom stereocenters. The first kappa shape index (κ1) is 26.3. The summed E-state index contributed by atoms with van der Waals surface area (Å²) in [5.74, 6) is -0.275. The lowest BCUT2D eigenvalue weighted by Crippen LogP contribution is -2.48. The average molecular weight is 508 g/mol. The molecule has 0 aliphatic carbocycles. The molecular formula is C13H23N2O13P3. The Labute approximate surface area is 176 Å². The highest BCUT2D eigenvalue weighted by atomic mass is 31.3. The number of ether oxygens (including phenoxy) is 1. The molecule has 0 aromatic rings. The fourth-order valence-corrected chi connectivity index (χ4v) is 6.25. The van der Waals surface area contributed by atoms with Gasteiger partial charge in [-0.05, 0) is 6.92 Å². The van der Waals surface area contributed by atoms with Crippen molar-refractivity contribution in [2.24, 2.45) is 5.41 Å². The van der Waals surface area contributed by atoms with Gasteiger partial charge in [0.05, 0.1) is 12.7 Å². The third-order valence-electron chi connectivity index (χ3n) is 4.45. The van der Waals surface area contributed by atoms with Gasteiger partial charge in [0.2, 0.25) is 0 Å². The van der Waals surface area contributed by atoms with Crippen molar-refractivity contribution >= 4 is 29.4 Å². The van der Waals surface area contributed by atoms with Gasteiger partial charge in [0, 0.05) is 17.7 Å². The number of aliphatic hydroxyl groups excluding tert-OH is 1. The minimum atomic E-state index is -5.68. The van der Waals surface area contributed by atoms with Crippen molar-refractivity contribution in [2.45, 2.75) is 38.7 Å². The number of hydrogen-bond donors (Lipinski definition) is 6. The van der Waals surface area contributed by atoms with Crippen LogP contribution in [-0.2, 0) is 36.4 Å². The molecule has 0 spiro atoms. The largest absolute Gasteiger partial charge is 0.490 e. The van der Waals surface area contributed by atoms with Crippen LogP contribution in [-0.4, -0.2) is 60.0 Å². The van der Waals surface area contributed by atoms with Crippen LogP contribution in [0.15, 0.2) is 24.7 Å². The van der Waals surface area contributed by atoms with Gasteiger partial charge in [0.15, 0.2) is 0 Å². The van der Waals surface area contributed by atoms with Gasteiger partial charge in [-0.2, -0.15) is 8.62 Å². The Hall–Kier alpha value is -0.920. The molecule has 2 heterocycles. The van der Waals surface area contributed by atoms with Crippen molar-refractivity contribution in [3.8, 4) is 0 Å². The van der Waals surface area contributed by atoms with Crippen LogP contribution in [0.3, 0.4) is 0 Å². The molecule has 2 unspecified atom stereocenters. The molecule has 18 heteroatoms. The number of amides is 1. The maximum atomic E-state index is 12.0. The number of nitrogens with zero attached hydrogens (tertiary/aromatic N) is 1. The second-order valence-electron chi connectivity index (χ2n) is 7.53. The summed E-state index contributed by atoms with van der Waals surface area (Å²) in [5.41, 5.74) is -2.72. The molecule has 6 N–H and O–H groups in total. The molecule has 2 aliphatic rings. The second kappa shape index (κ2) is 8.45. The Morgan fingerprint density at radius 1 is 1.16 bits per heavy atom. The van der Waals surface area contributed by atoms with Gasteiger partial charge in [0.1, 0.15) is 17.6 Å². The Bertz CT molecular complexity index is 930. The van der Waals surface area contributed by atoms with Crippen LogP contribution in [0, 0.1) is 5.41 Å². The summed E-state index contributed by atoms with van der Waals surface area (Å²) in [6, 6.07) is 0. The number of hydrogen-bond acceptors (Lipinski definition) is 10. The van der Waals surface area contributed by atoms with Crippen molar-refractivity contribution in [1.82, 2.24) is 10.2 Å². The van der Waals surface area contributed by atoms with Crippen molar-refractivity contribution < 1.29 is 61.1 Å². The lowest BCUT2D eigenvalue weighted by molar-refractivity contribution is -0.128. The van der Waals surface area contributed by atoms with E-state index in [0.29, 0.717) is 0 Å². The fourth-order valence-electron chi connectivity index (χ4n) is 3.14. The lowest BCUT2D eigenvalue weighted by Gasteiger charge is -2.38. The molecule has 0 aromatic carbocycles. The first-order valence-corrected chi connectivity index (χ1v) is 12.9. The van der Waals surface area contributed by atoms with Crippen LogP contribution < -0.4 is 5.32 Å². The Kier molecular flexibility index (Phi) is 7.18. The highest BCUT2D eigenvalue weighted by Crippen LogP contribution is 2.66. The summed E-state index contributed by atoms with van der Waals surface area (Å²) in [7, 11) is -16.6. The van der Waals surface area contributed by atoms with Crippen molar-refractivity contribution in [1.29, 1.82) is 0 Å². The predicted octanol–water partition coefficient (Wildman–Crippen LogP) is 0.248. The van der Waals surface area contributed by atoms with Gasteiger partial charge in [-0.1, -0.05) is 20.4 Å². The molecular weight excluding hydrogens is 485 g/mol. The number of carbonyl (C=O) groups is 1. The van der Waals surface area contributed by atoms with Crippen LogP contribution in [0.2, 0.25) is 0 Å². The molecule has 0 bridgehead atoms. The van der Waals surface area contributed by atoms with Gasteiger partial charge in [-0.25, -0.2) is 13.7 Å². The topological polar surface area (TPSA) is 222 Å². The van der Waals surface area contributed by atoms with Gasteiger partial charge in [0.25, 0.3) is 5.91 Å². The SMILES string of the molecule is C=C1NC(=O)C=CN1[C@@H]1O[C@](C)(COP(=O)(O)OP(=O)(O)OP(=O)(O)O)[C@H](O)C1(C)C. The second-order valence-corrected chi connectivity index (χ2v) is 12.0. The summed E-state index contributed by atoms with van der Waals surface area (Å²) >= 11 is 0. The zero-order valence-electron chi connectivity index (χ0n) is 16.5. The first-order valence-electron chi connectivity index (χ1n) is 8.39. The minimum Gasteiger partial charge on any atom is -0.389 e. The first-order chi connectivity index (χ1) is 13.8. The van der Waals surface area contributed by atoms with Gasteiger partial charge >= 0.3 is 23.5 Å². The summed E-state index contributed by atoms with van der Waals surface area (Å²) < 4.78 is 51.8. The van der Waals surface area contributed by atoms with Gasteiger partial charge in [-0.3, -0.25) is 9.32 Å². The number of phosphoric ester groups is 1. The van der Waals surface area contributed by atoms with Crippen molar-refractivity contribution in [3.05, 3.63) is 24.7 Å². The van der Waals surface area contributed by atoms with E-state index in [9.17, 15) is 33.4 Å². The number of nitrogens with one attached hydrogen (secondary N) is 1. The molecule has 0 saturated carbocycles. The number of phosphoric acid groups is 3. The Morgan fingerprint density at radius 3 is 2.26 bits per heavy atom.